The van der Waals surface area contributed by atoms with Gasteiger partial charge < -0.3 is 16.2 Å². The number of hydrogen-bond donors (Lipinski definition) is 4. The summed E-state index contributed by atoms with van der Waals surface area (Å²) in [5.74, 6) is -0.402. The lowest BCUT2D eigenvalue weighted by atomic mass is 9.82. The zero-order valence-corrected chi connectivity index (χ0v) is 14.1. The summed E-state index contributed by atoms with van der Waals surface area (Å²) in [6.45, 7) is 0.690. The average Bonchev–Trinajstić information content (AvgIpc) is 2.59. The molecule has 0 spiro atoms. The van der Waals surface area contributed by atoms with E-state index < -0.39 is 5.97 Å². The second kappa shape index (κ2) is 7.38. The highest BCUT2D eigenvalue weighted by Gasteiger charge is 2.21. The first-order chi connectivity index (χ1) is 12.0. The molecule has 0 saturated carbocycles. The van der Waals surface area contributed by atoms with Crippen LogP contribution in [0.3, 0.4) is 0 Å². The lowest BCUT2D eigenvalue weighted by Crippen LogP contribution is -2.17. The van der Waals surface area contributed by atoms with Crippen LogP contribution in [0.15, 0.2) is 42.5 Å². The van der Waals surface area contributed by atoms with Crippen molar-refractivity contribution >= 4 is 17.5 Å². The Balaban J connectivity index is 1.64. The topological polar surface area (TPSA) is 99.2 Å². The van der Waals surface area contributed by atoms with Crippen LogP contribution in [-0.4, -0.2) is 16.9 Å². The molecule has 0 aliphatic heterocycles. The number of amidine groups is 1. The number of fused-ring (bicyclic) bond motifs is 1. The average molecular weight is 337 g/mol. The lowest BCUT2D eigenvalue weighted by molar-refractivity contribution is -0.138. The Morgan fingerprint density at radius 2 is 1.96 bits per heavy atom. The Labute approximate surface area is 147 Å². The van der Waals surface area contributed by atoms with Gasteiger partial charge in [-0.15, -0.1) is 0 Å². The normalized spacial score (nSPS) is 16.1. The van der Waals surface area contributed by atoms with Crippen LogP contribution in [-0.2, 0) is 24.2 Å². The lowest BCUT2D eigenvalue weighted by Gasteiger charge is -2.24. The highest BCUT2D eigenvalue weighted by molar-refractivity contribution is 5.94. The van der Waals surface area contributed by atoms with Crippen LogP contribution in [0, 0.1) is 11.3 Å². The van der Waals surface area contributed by atoms with Crippen molar-refractivity contribution in [3.8, 4) is 0 Å². The third-order valence-electron chi connectivity index (χ3n) is 4.76. The van der Waals surface area contributed by atoms with Crippen LogP contribution < -0.4 is 11.1 Å². The number of rotatable bonds is 6. The van der Waals surface area contributed by atoms with E-state index in [0.717, 1.165) is 36.1 Å². The Kier molecular flexibility index (Phi) is 5.03. The van der Waals surface area contributed by atoms with Crippen molar-refractivity contribution in [2.75, 3.05) is 5.32 Å². The van der Waals surface area contributed by atoms with Gasteiger partial charge in [0, 0.05) is 24.2 Å². The van der Waals surface area contributed by atoms with E-state index in [1.165, 1.54) is 11.1 Å². The molecule has 3 rings (SSSR count). The molecule has 0 bridgehead atoms. The minimum Gasteiger partial charge on any atom is -0.481 e. The smallest absolute Gasteiger partial charge is 0.303 e. The van der Waals surface area contributed by atoms with Crippen molar-refractivity contribution in [3.63, 3.8) is 0 Å². The second-order valence-corrected chi connectivity index (χ2v) is 6.65. The molecule has 25 heavy (non-hydrogen) atoms. The molecule has 1 unspecified atom stereocenters. The number of benzene rings is 2. The third kappa shape index (κ3) is 4.38. The van der Waals surface area contributed by atoms with Gasteiger partial charge in [-0.1, -0.05) is 30.3 Å². The Morgan fingerprint density at radius 1 is 1.20 bits per heavy atom. The van der Waals surface area contributed by atoms with Crippen LogP contribution in [0.25, 0.3) is 0 Å². The van der Waals surface area contributed by atoms with Crippen molar-refractivity contribution < 1.29 is 9.90 Å². The van der Waals surface area contributed by atoms with E-state index in [-0.39, 0.29) is 18.2 Å². The van der Waals surface area contributed by atoms with Gasteiger partial charge in [-0.3, -0.25) is 10.2 Å². The van der Waals surface area contributed by atoms with E-state index in [2.05, 4.69) is 23.5 Å². The number of carbonyl (C=O) groups is 1. The van der Waals surface area contributed by atoms with E-state index in [1.807, 2.05) is 24.3 Å². The minimum absolute atomic E-state index is 0.0742. The molecule has 2 aromatic rings. The molecule has 0 aromatic heterocycles. The summed E-state index contributed by atoms with van der Waals surface area (Å²) < 4.78 is 0. The molecule has 0 radical (unpaired) electrons. The Bertz CT molecular complexity index is 784. The number of carboxylic acids is 1. The zero-order valence-electron chi connectivity index (χ0n) is 14.1. The molecule has 5 nitrogen and oxygen atoms in total. The Morgan fingerprint density at radius 3 is 2.64 bits per heavy atom. The number of aryl methyl sites for hydroxylation is 1. The van der Waals surface area contributed by atoms with Gasteiger partial charge in [-0.05, 0) is 54.0 Å². The monoisotopic (exact) mass is 337 g/mol. The van der Waals surface area contributed by atoms with Gasteiger partial charge in [0.1, 0.15) is 5.84 Å². The van der Waals surface area contributed by atoms with Crippen molar-refractivity contribution in [1.29, 1.82) is 5.41 Å². The number of nitrogens with one attached hydrogen (secondary N) is 2. The Hall–Kier alpha value is -2.82. The number of anilines is 1. The molecular weight excluding hydrogens is 314 g/mol. The summed E-state index contributed by atoms with van der Waals surface area (Å²) >= 11 is 0. The molecule has 5 heteroatoms. The first-order valence-corrected chi connectivity index (χ1v) is 8.52. The van der Waals surface area contributed by atoms with Gasteiger partial charge in [0.25, 0.3) is 0 Å². The van der Waals surface area contributed by atoms with Crippen molar-refractivity contribution in [2.45, 2.75) is 32.2 Å². The third-order valence-corrected chi connectivity index (χ3v) is 4.76. The van der Waals surface area contributed by atoms with Gasteiger partial charge in [0.05, 0.1) is 0 Å². The van der Waals surface area contributed by atoms with E-state index >= 15 is 0 Å². The van der Waals surface area contributed by atoms with Gasteiger partial charge >= 0.3 is 5.97 Å². The first kappa shape index (κ1) is 17.0. The summed E-state index contributed by atoms with van der Waals surface area (Å²) in [7, 11) is 0. The fraction of sp³-hybridized carbons (Fsp3) is 0.300. The molecule has 2 aromatic carbocycles. The van der Waals surface area contributed by atoms with Crippen molar-refractivity contribution in [1.82, 2.24) is 0 Å². The van der Waals surface area contributed by atoms with E-state index in [4.69, 9.17) is 16.2 Å². The molecule has 1 aliphatic carbocycles. The molecule has 0 heterocycles. The summed E-state index contributed by atoms with van der Waals surface area (Å²) in [5.41, 5.74) is 10.9. The fourth-order valence-corrected chi connectivity index (χ4v) is 3.37. The van der Waals surface area contributed by atoms with Crippen LogP contribution >= 0.6 is 0 Å². The molecule has 0 fully saturated rings. The van der Waals surface area contributed by atoms with Gasteiger partial charge in [-0.2, -0.15) is 0 Å². The first-order valence-electron chi connectivity index (χ1n) is 8.52. The van der Waals surface area contributed by atoms with Crippen molar-refractivity contribution in [3.05, 3.63) is 64.7 Å². The number of nitrogens with two attached hydrogens (primary N) is 1. The largest absolute Gasteiger partial charge is 0.481 e. The molecule has 0 amide bonds. The maximum absolute atomic E-state index is 10.9. The highest BCUT2D eigenvalue weighted by atomic mass is 16.4. The molecular formula is C20H23N3O2. The van der Waals surface area contributed by atoms with Crippen LogP contribution in [0.1, 0.15) is 35.1 Å². The standard InChI is InChI=1S/C20H23N3O2/c21-20(22)16-5-1-13(2-6-16)12-23-18-8-7-15-4-3-14(10-19(24)25)9-17(15)11-18/h1-2,5-8,11,14,23H,3-4,9-10,12H2,(H3,21,22)(H,24,25). The maximum Gasteiger partial charge on any atom is 0.303 e. The number of carboxylic acid groups (broad SMARTS) is 1. The molecule has 1 atom stereocenters. The summed E-state index contributed by atoms with van der Waals surface area (Å²) in [4.78, 5) is 10.9. The van der Waals surface area contributed by atoms with Gasteiger partial charge in [0.15, 0.2) is 0 Å². The van der Waals surface area contributed by atoms with E-state index in [0.29, 0.717) is 6.54 Å². The van der Waals surface area contributed by atoms with Gasteiger partial charge in [-0.25, -0.2) is 0 Å². The van der Waals surface area contributed by atoms with Gasteiger partial charge in [0.2, 0.25) is 0 Å². The predicted molar refractivity (Wildman–Crippen MR) is 99.0 cm³/mol. The molecule has 1 aliphatic rings. The SMILES string of the molecule is N=C(N)c1ccc(CNc2ccc3c(c2)CC(CC(=O)O)CC3)cc1. The quantitative estimate of drug-likeness (QED) is 0.480. The zero-order chi connectivity index (χ0) is 17.8. The van der Waals surface area contributed by atoms with Crippen LogP contribution in [0.2, 0.25) is 0 Å². The van der Waals surface area contributed by atoms with Crippen LogP contribution in [0.4, 0.5) is 5.69 Å². The molecule has 0 saturated heterocycles. The molecule has 5 N–H and O–H groups in total. The second-order valence-electron chi connectivity index (χ2n) is 6.65. The maximum atomic E-state index is 10.9. The number of nitrogen functional groups attached to an aromatic ring is 1. The summed E-state index contributed by atoms with van der Waals surface area (Å²) in [5, 5.41) is 19.8. The van der Waals surface area contributed by atoms with Crippen molar-refractivity contribution in [2.24, 2.45) is 11.7 Å². The van der Waals surface area contributed by atoms with Crippen LogP contribution in [0.5, 0.6) is 0 Å². The predicted octanol–water partition coefficient (Wildman–Crippen LogP) is 3.16. The highest BCUT2D eigenvalue weighted by Crippen LogP contribution is 2.29. The number of hydrogen-bond acceptors (Lipinski definition) is 3. The van der Waals surface area contributed by atoms with E-state index in [9.17, 15) is 4.79 Å². The minimum atomic E-state index is -0.711. The summed E-state index contributed by atoms with van der Waals surface area (Å²) in [6.07, 6.45) is 3.00. The molecule has 130 valence electrons. The fourth-order valence-electron chi connectivity index (χ4n) is 3.37. The summed E-state index contributed by atoms with van der Waals surface area (Å²) in [6, 6.07) is 14.0. The number of aliphatic carboxylic acids is 1. The van der Waals surface area contributed by atoms with E-state index in [1.54, 1.807) is 0 Å².